The molecule has 6 nitrogen and oxygen atoms in total. The molecule has 0 aliphatic rings. The van der Waals surface area contributed by atoms with Crippen molar-refractivity contribution in [1.82, 2.24) is 6.15 Å². The highest BCUT2D eigenvalue weighted by molar-refractivity contribution is 5.50. The maximum atomic E-state index is 8.44. The van der Waals surface area contributed by atoms with Crippen LogP contribution in [0.3, 0.4) is 0 Å². The number of carbonyl (C=O) groups is 1. The zero-order chi connectivity index (χ0) is 5.58. The predicted molar refractivity (Wildman–Crippen MR) is 22.4 cm³/mol. The van der Waals surface area contributed by atoms with E-state index in [2.05, 4.69) is 11.7 Å². The lowest BCUT2D eigenvalue weighted by molar-refractivity contribution is -0.275. The average Bonchev–Trinajstić information content (AvgIpc) is 1.41. The summed E-state index contributed by atoms with van der Waals surface area (Å²) >= 11 is 0. The highest BCUT2D eigenvalue weighted by Crippen LogP contribution is 1.32. The van der Waals surface area contributed by atoms with Crippen molar-refractivity contribution in [2.75, 3.05) is 0 Å². The van der Waals surface area contributed by atoms with Crippen LogP contribution in [0.25, 0.3) is 0 Å². The first-order valence-corrected chi connectivity index (χ1v) is 0.965. The fourth-order valence-corrected chi connectivity index (χ4v) is 0. The monoisotopic (exact) mass is 111 g/mol. The van der Waals surface area contributed by atoms with Gasteiger partial charge in [0.15, 0.2) is 0 Å². The molecule has 0 aromatic heterocycles. The first-order valence-electron chi connectivity index (χ1n) is 0.965. The van der Waals surface area contributed by atoms with Gasteiger partial charge in [-0.1, -0.05) is 0 Å². The SMILES string of the molecule is NN.O=C([O-])O.[NH4+]. The van der Waals surface area contributed by atoms with Crippen LogP contribution < -0.4 is 22.9 Å². The predicted octanol–water partition coefficient (Wildman–Crippen LogP) is -1.92. The van der Waals surface area contributed by atoms with Crippen LogP contribution in [0.4, 0.5) is 4.79 Å². The van der Waals surface area contributed by atoms with Crippen LogP contribution in [0.15, 0.2) is 0 Å². The van der Waals surface area contributed by atoms with Crippen molar-refractivity contribution in [2.24, 2.45) is 11.7 Å². The van der Waals surface area contributed by atoms with Crippen molar-refractivity contribution in [3.63, 3.8) is 0 Å². The van der Waals surface area contributed by atoms with Crippen molar-refractivity contribution in [3.8, 4) is 0 Å². The third kappa shape index (κ3) is 70.7. The second kappa shape index (κ2) is 19.2. The van der Waals surface area contributed by atoms with E-state index in [9.17, 15) is 0 Å². The molecule has 0 radical (unpaired) electrons. The van der Waals surface area contributed by atoms with Crippen LogP contribution in [0.2, 0.25) is 0 Å². The van der Waals surface area contributed by atoms with Crippen molar-refractivity contribution >= 4 is 6.16 Å². The fraction of sp³-hybridized carbons (Fsp3) is 0. The zero-order valence-electron chi connectivity index (χ0n) is 3.92. The summed E-state index contributed by atoms with van der Waals surface area (Å²) in [5.41, 5.74) is 0. The molecule has 0 aliphatic heterocycles. The Morgan fingerprint density at radius 1 is 1.57 bits per heavy atom. The number of quaternary nitrogens is 1. The number of rotatable bonds is 0. The largest absolute Gasteiger partial charge is 0.565 e. The Morgan fingerprint density at radius 3 is 1.57 bits per heavy atom. The van der Waals surface area contributed by atoms with Crippen LogP contribution >= 0.6 is 0 Å². The van der Waals surface area contributed by atoms with Gasteiger partial charge in [0.05, 0.1) is 0 Å². The second-order valence-corrected chi connectivity index (χ2v) is 0.266. The summed E-state index contributed by atoms with van der Waals surface area (Å²) in [6, 6.07) is 0. The van der Waals surface area contributed by atoms with Crippen molar-refractivity contribution in [3.05, 3.63) is 0 Å². The molecule has 0 fully saturated rings. The number of hydrogen-bond donors (Lipinski definition) is 4. The van der Waals surface area contributed by atoms with Crippen LogP contribution in [-0.4, -0.2) is 11.3 Å². The molecule has 0 rings (SSSR count). The molecule has 46 valence electrons. The highest BCUT2D eigenvalue weighted by Gasteiger charge is 1.51. The summed E-state index contributed by atoms with van der Waals surface area (Å²) in [5.74, 6) is 8.00. The third-order valence-corrected chi connectivity index (χ3v) is 0. The van der Waals surface area contributed by atoms with Crippen LogP contribution in [-0.2, 0) is 0 Å². The Kier molecular flexibility index (Phi) is 45.1. The van der Waals surface area contributed by atoms with Gasteiger partial charge in [0, 0.05) is 0 Å². The van der Waals surface area contributed by atoms with E-state index in [0.29, 0.717) is 0 Å². The Labute approximate surface area is 40.3 Å². The lowest BCUT2D eigenvalue weighted by Gasteiger charge is -1.74. The molecule has 0 heterocycles. The first-order chi connectivity index (χ1) is 2.73. The van der Waals surface area contributed by atoms with Crippen LogP contribution in [0.1, 0.15) is 0 Å². The summed E-state index contributed by atoms with van der Waals surface area (Å²) in [6.45, 7) is 0. The molecule has 9 N–H and O–H groups in total. The average molecular weight is 111 g/mol. The Hall–Kier alpha value is -0.850. The molecule has 7 heavy (non-hydrogen) atoms. The van der Waals surface area contributed by atoms with Gasteiger partial charge < -0.3 is 21.2 Å². The standard InChI is InChI=1S/CH2O3.H4N2.H3N/c2-1(3)4;1-2;/h(H2,2,3,4);1-2H2;1H3. The smallest absolute Gasteiger partial charge is 0.249 e. The minimum atomic E-state index is -2.08. The minimum absolute atomic E-state index is 0. The fourth-order valence-electron chi connectivity index (χ4n) is 0. The summed E-state index contributed by atoms with van der Waals surface area (Å²) in [4.78, 5) is 8.44. The molecule has 0 saturated heterocycles. The molecule has 0 atom stereocenters. The molecule has 0 bridgehead atoms. The van der Waals surface area contributed by atoms with Gasteiger partial charge in [-0.3, -0.25) is 11.7 Å². The van der Waals surface area contributed by atoms with Gasteiger partial charge in [-0.2, -0.15) is 0 Å². The molecular weight excluding hydrogens is 102 g/mol. The van der Waals surface area contributed by atoms with E-state index in [-0.39, 0.29) is 6.15 Å². The van der Waals surface area contributed by atoms with Crippen molar-refractivity contribution in [1.29, 1.82) is 0 Å². The molecule has 0 saturated carbocycles. The molecular formula is CH9N3O3. The quantitative estimate of drug-likeness (QED) is 0.212. The Morgan fingerprint density at radius 2 is 1.57 bits per heavy atom. The van der Waals surface area contributed by atoms with Gasteiger partial charge in [0.1, 0.15) is 0 Å². The number of carboxylic acid groups (broad SMARTS) is 2. The van der Waals surface area contributed by atoms with E-state index in [1.54, 1.807) is 0 Å². The maximum Gasteiger partial charge on any atom is 0.249 e. The molecule has 0 aromatic rings. The lowest BCUT2D eigenvalue weighted by atomic mass is 11.5. The molecule has 0 amide bonds. The second-order valence-electron chi connectivity index (χ2n) is 0.266. The zero-order valence-corrected chi connectivity index (χ0v) is 3.92. The topological polar surface area (TPSA) is 149 Å². The van der Waals surface area contributed by atoms with Gasteiger partial charge in [0.25, 0.3) is 0 Å². The van der Waals surface area contributed by atoms with Gasteiger partial charge >= 0.3 is 0 Å². The molecule has 6 heteroatoms. The summed E-state index contributed by atoms with van der Waals surface area (Å²) < 4.78 is 0. The van der Waals surface area contributed by atoms with Crippen molar-refractivity contribution < 1.29 is 15.0 Å². The van der Waals surface area contributed by atoms with E-state index >= 15 is 0 Å². The maximum absolute atomic E-state index is 8.44. The lowest BCUT2D eigenvalue weighted by Crippen LogP contribution is -2.17. The minimum Gasteiger partial charge on any atom is -0.565 e. The molecule has 0 spiro atoms. The van der Waals surface area contributed by atoms with Gasteiger partial charge in [-0.05, 0) is 0 Å². The van der Waals surface area contributed by atoms with E-state index in [4.69, 9.17) is 15.0 Å². The summed E-state index contributed by atoms with van der Waals surface area (Å²) in [6.07, 6.45) is -2.08. The van der Waals surface area contributed by atoms with Gasteiger partial charge in [-0.15, -0.1) is 0 Å². The van der Waals surface area contributed by atoms with E-state index in [1.165, 1.54) is 0 Å². The number of hydrogen-bond acceptors (Lipinski definition) is 4. The van der Waals surface area contributed by atoms with Gasteiger partial charge in [-0.25, -0.2) is 0 Å². The number of hydrazine groups is 1. The Bertz CT molecular complexity index is 33.2. The van der Waals surface area contributed by atoms with Crippen molar-refractivity contribution in [2.45, 2.75) is 0 Å². The molecule has 0 aromatic carbocycles. The highest BCUT2D eigenvalue weighted by atomic mass is 16.6. The first kappa shape index (κ1) is 16.4. The summed E-state index contributed by atoms with van der Waals surface area (Å²) in [5, 5.41) is 15.3. The van der Waals surface area contributed by atoms with E-state index in [0.717, 1.165) is 0 Å². The van der Waals surface area contributed by atoms with Crippen LogP contribution in [0, 0.1) is 0 Å². The Balaban J connectivity index is -0.0000000480. The summed E-state index contributed by atoms with van der Waals surface area (Å²) in [7, 11) is 0. The van der Waals surface area contributed by atoms with Gasteiger partial charge in [0.2, 0.25) is 6.16 Å². The number of nitrogens with two attached hydrogens (primary N) is 2. The normalized spacial score (nSPS) is 4.29. The molecule has 0 unspecified atom stereocenters. The third-order valence-electron chi connectivity index (χ3n) is 0. The van der Waals surface area contributed by atoms with Crippen LogP contribution in [0.5, 0.6) is 0 Å². The van der Waals surface area contributed by atoms with E-state index < -0.39 is 6.16 Å². The molecule has 0 aliphatic carbocycles. The van der Waals surface area contributed by atoms with E-state index in [1.807, 2.05) is 0 Å².